The summed E-state index contributed by atoms with van der Waals surface area (Å²) >= 11 is 2.07. The highest BCUT2D eigenvalue weighted by Gasteiger charge is 2.56. The van der Waals surface area contributed by atoms with Gasteiger partial charge in [0.15, 0.2) is 28.4 Å². The van der Waals surface area contributed by atoms with Gasteiger partial charge in [0.1, 0.15) is 22.7 Å². The molecule has 8 rings (SSSR count). The molecule has 3 heterocycles. The fourth-order valence-corrected chi connectivity index (χ4v) is 10.1. The van der Waals surface area contributed by atoms with Crippen molar-refractivity contribution >= 4 is 67.9 Å². The first-order valence-electron chi connectivity index (χ1n) is 21.2. The maximum absolute atomic E-state index is 14.8. The second kappa shape index (κ2) is 19.9. The molecule has 2 atom stereocenters. The standard InChI is InChI=1S/C50H45N5O10S3/c1-49(2,3)63-48(59)53-47-51-37(30-67-47)39(54-65-50(34-24-14-7-15-25-34,35-26-16-8-17-27-35)36-28-18-9-19-29-36)43(56)52-40-44(57)55-41(38(31-66-45(40)55)64-68(4,60)61)46(58)62-42(32-20-10-5-11-21-32)33-22-12-6-13-23-33/h5-30,40,42,45H,31H2,1-4H3,(H,52,56)(H,51,53,59)/b54-39-/t40-,45+/m1/s1. The topological polar surface area (TPSA) is 192 Å². The number of β-lactam (4-membered cyclic amide) rings is 1. The lowest BCUT2D eigenvalue weighted by molar-refractivity contribution is -0.154. The number of nitrogens with one attached hydrogen (secondary N) is 2. The number of rotatable bonds is 15. The Bertz CT molecular complexity index is 2830. The number of hydrogen-bond acceptors (Lipinski definition) is 14. The number of thioether (sulfide) groups is 1. The summed E-state index contributed by atoms with van der Waals surface area (Å²) in [4.78, 5) is 68.6. The monoisotopic (exact) mass is 971 g/mol. The fourth-order valence-electron chi connectivity index (χ4n) is 7.61. The first-order chi connectivity index (χ1) is 32.6. The van der Waals surface area contributed by atoms with Crippen LogP contribution in [0.4, 0.5) is 9.93 Å². The minimum Gasteiger partial charge on any atom is -0.448 e. The SMILES string of the molecule is CC(C)(C)OC(=O)Nc1nc(/C(=N/OC(c2ccccc2)(c2ccccc2)c2ccccc2)C(=O)N[C@@H]2C(=O)N3C(C(=O)OC(c4ccccc4)c4ccccc4)=C(OS(C)(=O)=O)CS[C@@H]23)cs1. The van der Waals surface area contributed by atoms with Crippen LogP contribution in [0.25, 0.3) is 0 Å². The molecule has 1 fully saturated rings. The normalized spacial score (nSPS) is 16.3. The van der Waals surface area contributed by atoms with Gasteiger partial charge in [0, 0.05) is 22.1 Å². The average Bonchev–Trinajstić information content (AvgIpc) is 3.78. The van der Waals surface area contributed by atoms with Crippen LogP contribution in [-0.2, 0) is 48.6 Å². The molecule has 0 saturated carbocycles. The zero-order valence-corrected chi connectivity index (χ0v) is 39.5. The number of amides is 3. The number of esters is 1. The number of carbonyl (C=O) groups excluding carboxylic acids is 4. The van der Waals surface area contributed by atoms with Gasteiger partial charge in [0.2, 0.25) is 5.60 Å². The second-order valence-corrected chi connectivity index (χ2v) is 20.0. The summed E-state index contributed by atoms with van der Waals surface area (Å²) in [5.74, 6) is -3.15. The quantitative estimate of drug-likeness (QED) is 0.0251. The van der Waals surface area contributed by atoms with E-state index < -0.39 is 68.4 Å². The number of benzene rings is 5. The van der Waals surface area contributed by atoms with Crippen LogP contribution in [0.1, 0.15) is 60.4 Å². The molecule has 348 valence electrons. The lowest BCUT2D eigenvalue weighted by Crippen LogP contribution is -2.71. The molecule has 2 aliphatic heterocycles. The molecule has 1 aromatic heterocycles. The molecule has 0 radical (unpaired) electrons. The predicted octanol–water partition coefficient (Wildman–Crippen LogP) is 8.12. The molecule has 5 aromatic carbocycles. The van der Waals surface area contributed by atoms with Crippen molar-refractivity contribution in [2.45, 2.75) is 49.5 Å². The zero-order chi connectivity index (χ0) is 48.1. The summed E-state index contributed by atoms with van der Waals surface area (Å²) in [6.45, 7) is 5.14. The molecule has 0 aliphatic carbocycles. The van der Waals surface area contributed by atoms with E-state index in [9.17, 15) is 27.6 Å². The minimum absolute atomic E-state index is 0.0116. The summed E-state index contributed by atoms with van der Waals surface area (Å²) < 4.78 is 41.9. The third-order valence-electron chi connectivity index (χ3n) is 10.5. The van der Waals surface area contributed by atoms with E-state index in [1.54, 1.807) is 69.3 Å². The van der Waals surface area contributed by atoms with E-state index in [-0.39, 0.29) is 28.0 Å². The van der Waals surface area contributed by atoms with Crippen molar-refractivity contribution in [1.29, 1.82) is 0 Å². The van der Waals surface area contributed by atoms with Crippen LogP contribution in [0.2, 0.25) is 0 Å². The smallest absolute Gasteiger partial charge is 0.413 e. The lowest BCUT2D eigenvalue weighted by atomic mass is 9.80. The summed E-state index contributed by atoms with van der Waals surface area (Å²) in [6.07, 6.45) is -0.892. The van der Waals surface area contributed by atoms with Crippen LogP contribution >= 0.6 is 23.1 Å². The molecule has 2 aliphatic rings. The fraction of sp³-hybridized carbons (Fsp3) is 0.200. The van der Waals surface area contributed by atoms with Gasteiger partial charge >= 0.3 is 22.2 Å². The summed E-state index contributed by atoms with van der Waals surface area (Å²) in [5, 5.41) is 10.6. The van der Waals surface area contributed by atoms with Crippen LogP contribution in [0.15, 0.2) is 174 Å². The molecule has 0 bridgehead atoms. The van der Waals surface area contributed by atoms with Gasteiger partial charge in [0.05, 0.1) is 12.0 Å². The van der Waals surface area contributed by atoms with Crippen molar-refractivity contribution in [3.63, 3.8) is 0 Å². The Labute approximate surface area is 401 Å². The van der Waals surface area contributed by atoms with Crippen LogP contribution in [0.3, 0.4) is 0 Å². The number of nitrogens with zero attached hydrogens (tertiary/aromatic N) is 3. The van der Waals surface area contributed by atoms with Gasteiger partial charge in [-0.1, -0.05) is 157 Å². The molecule has 15 nitrogen and oxygen atoms in total. The van der Waals surface area contributed by atoms with E-state index in [1.165, 1.54) is 5.38 Å². The maximum Gasteiger partial charge on any atom is 0.413 e. The molecule has 6 aromatic rings. The van der Waals surface area contributed by atoms with Crippen molar-refractivity contribution < 1.29 is 46.1 Å². The molecule has 0 spiro atoms. The van der Waals surface area contributed by atoms with Crippen LogP contribution in [0, 0.1) is 0 Å². The number of ether oxygens (including phenoxy) is 2. The van der Waals surface area contributed by atoms with E-state index in [0.717, 1.165) is 34.3 Å². The van der Waals surface area contributed by atoms with E-state index in [0.29, 0.717) is 27.8 Å². The van der Waals surface area contributed by atoms with Crippen LogP contribution in [-0.4, -0.2) is 76.9 Å². The van der Waals surface area contributed by atoms with Crippen molar-refractivity contribution in [3.8, 4) is 0 Å². The van der Waals surface area contributed by atoms with Crippen molar-refractivity contribution in [2.24, 2.45) is 5.16 Å². The number of aromatic nitrogens is 1. The highest BCUT2D eigenvalue weighted by atomic mass is 32.2. The summed E-state index contributed by atoms with van der Waals surface area (Å²) in [7, 11) is -4.18. The lowest BCUT2D eigenvalue weighted by Gasteiger charge is -2.49. The first kappa shape index (κ1) is 47.2. The number of anilines is 1. The largest absolute Gasteiger partial charge is 0.448 e. The summed E-state index contributed by atoms with van der Waals surface area (Å²) in [6, 6.07) is 44.6. The Balaban J connectivity index is 1.15. The minimum atomic E-state index is -4.18. The van der Waals surface area contributed by atoms with Crippen molar-refractivity contribution in [3.05, 3.63) is 202 Å². The van der Waals surface area contributed by atoms with E-state index in [1.807, 2.05) is 103 Å². The zero-order valence-electron chi connectivity index (χ0n) is 37.1. The second-order valence-electron chi connectivity index (χ2n) is 16.5. The highest BCUT2D eigenvalue weighted by molar-refractivity contribution is 8.00. The maximum atomic E-state index is 14.8. The molecule has 2 N–H and O–H groups in total. The number of thiazole rings is 1. The molecule has 18 heteroatoms. The van der Waals surface area contributed by atoms with Gasteiger partial charge in [-0.15, -0.1) is 23.1 Å². The Morgan fingerprint density at radius 3 is 1.76 bits per heavy atom. The third kappa shape index (κ3) is 10.5. The Morgan fingerprint density at radius 1 is 0.779 bits per heavy atom. The highest BCUT2D eigenvalue weighted by Crippen LogP contribution is 2.43. The number of hydrogen-bond donors (Lipinski definition) is 2. The Morgan fingerprint density at radius 2 is 1.28 bits per heavy atom. The van der Waals surface area contributed by atoms with Gasteiger partial charge in [-0.3, -0.25) is 19.8 Å². The Hall–Kier alpha value is -7.28. The first-order valence-corrected chi connectivity index (χ1v) is 24.9. The van der Waals surface area contributed by atoms with Gasteiger partial charge < -0.3 is 23.8 Å². The van der Waals surface area contributed by atoms with E-state index >= 15 is 0 Å². The third-order valence-corrected chi connectivity index (χ3v) is 13.0. The molecule has 3 amide bonds. The molecule has 1 saturated heterocycles. The van der Waals surface area contributed by atoms with Crippen molar-refractivity contribution in [2.75, 3.05) is 17.3 Å². The molecular weight excluding hydrogens is 927 g/mol. The van der Waals surface area contributed by atoms with Crippen LogP contribution in [0.5, 0.6) is 0 Å². The summed E-state index contributed by atoms with van der Waals surface area (Å²) in [5.41, 5.74) is 0.242. The molecule has 68 heavy (non-hydrogen) atoms. The predicted molar refractivity (Wildman–Crippen MR) is 258 cm³/mol. The van der Waals surface area contributed by atoms with Gasteiger partial charge in [0.25, 0.3) is 11.8 Å². The van der Waals surface area contributed by atoms with Crippen molar-refractivity contribution in [1.82, 2.24) is 15.2 Å². The Kier molecular flexibility index (Phi) is 13.8. The van der Waals surface area contributed by atoms with E-state index in [4.69, 9.17) is 18.5 Å². The molecular formula is C50H45N5O10S3. The average molecular weight is 972 g/mol. The number of oxime groups is 1. The van der Waals surface area contributed by atoms with Gasteiger partial charge in [-0.2, -0.15) is 8.42 Å². The van der Waals surface area contributed by atoms with Gasteiger partial charge in [-0.25, -0.2) is 14.6 Å². The number of carbonyl (C=O) groups is 4. The van der Waals surface area contributed by atoms with Gasteiger partial charge in [-0.05, 0) is 31.9 Å². The van der Waals surface area contributed by atoms with Crippen LogP contribution < -0.4 is 10.6 Å². The van der Waals surface area contributed by atoms with E-state index in [2.05, 4.69) is 20.8 Å². The number of fused-ring (bicyclic) bond motifs is 1. The molecule has 0 unspecified atom stereocenters.